The highest BCUT2D eigenvalue weighted by Gasteiger charge is 2.05. The monoisotopic (exact) mass is 258 g/mol. The number of aliphatic hydroxyl groups is 1. The quantitative estimate of drug-likeness (QED) is 0.332. The lowest BCUT2D eigenvalue weighted by atomic mass is 10.1. The first-order valence-corrected chi connectivity index (χ1v) is 6.92. The van der Waals surface area contributed by atoms with Crippen LogP contribution in [0.25, 0.3) is 0 Å². The lowest BCUT2D eigenvalue weighted by Crippen LogP contribution is -2.09. The van der Waals surface area contributed by atoms with Crippen molar-refractivity contribution in [3.05, 3.63) is 0 Å². The van der Waals surface area contributed by atoms with Gasteiger partial charge >= 0.3 is 5.97 Å². The predicted octanol–water partition coefficient (Wildman–Crippen LogP) is 2.62. The molecule has 0 atom stereocenters. The summed E-state index contributed by atoms with van der Waals surface area (Å²) in [5.41, 5.74) is 0. The van der Waals surface area contributed by atoms with Gasteiger partial charge in [0.2, 0.25) is 0 Å². The van der Waals surface area contributed by atoms with Crippen LogP contribution in [0.1, 0.15) is 64.7 Å². The highest BCUT2D eigenvalue weighted by molar-refractivity contribution is 5.94. The van der Waals surface area contributed by atoms with E-state index in [9.17, 15) is 9.59 Å². The van der Waals surface area contributed by atoms with Crippen molar-refractivity contribution in [1.29, 1.82) is 0 Å². The minimum absolute atomic E-state index is 0.106. The van der Waals surface area contributed by atoms with E-state index in [0.717, 1.165) is 32.1 Å². The molecule has 0 aromatic rings. The van der Waals surface area contributed by atoms with Crippen molar-refractivity contribution in [2.45, 2.75) is 64.7 Å². The molecule has 0 aliphatic heterocycles. The van der Waals surface area contributed by atoms with E-state index in [1.54, 1.807) is 0 Å². The second-order valence-corrected chi connectivity index (χ2v) is 4.65. The van der Waals surface area contributed by atoms with Gasteiger partial charge in [0.1, 0.15) is 12.2 Å². The van der Waals surface area contributed by atoms with Crippen molar-refractivity contribution in [3.8, 4) is 0 Å². The number of ether oxygens (including phenoxy) is 1. The fourth-order valence-corrected chi connectivity index (χ4v) is 1.71. The molecule has 0 unspecified atom stereocenters. The van der Waals surface area contributed by atoms with Gasteiger partial charge in [0.15, 0.2) is 0 Å². The first-order chi connectivity index (χ1) is 8.66. The molecule has 0 aliphatic carbocycles. The molecule has 18 heavy (non-hydrogen) atoms. The number of esters is 1. The van der Waals surface area contributed by atoms with Gasteiger partial charge < -0.3 is 9.84 Å². The van der Waals surface area contributed by atoms with Gasteiger partial charge in [-0.2, -0.15) is 0 Å². The second kappa shape index (κ2) is 12.6. The maximum Gasteiger partial charge on any atom is 0.313 e. The van der Waals surface area contributed by atoms with Crippen LogP contribution in [-0.2, 0) is 14.3 Å². The Bertz CT molecular complexity index is 226. The molecule has 0 spiro atoms. The van der Waals surface area contributed by atoms with Gasteiger partial charge in [-0.15, -0.1) is 0 Å². The van der Waals surface area contributed by atoms with Gasteiger partial charge in [-0.1, -0.05) is 38.5 Å². The molecule has 0 aromatic carbocycles. The lowest BCUT2D eigenvalue weighted by molar-refractivity contribution is -0.145. The van der Waals surface area contributed by atoms with Gasteiger partial charge in [-0.3, -0.25) is 9.59 Å². The summed E-state index contributed by atoms with van der Waals surface area (Å²) in [5.74, 6) is -0.561. The van der Waals surface area contributed by atoms with Crippen LogP contribution >= 0.6 is 0 Å². The summed E-state index contributed by atoms with van der Waals surface area (Å²) in [6.07, 6.45) is 8.61. The molecule has 4 nitrogen and oxygen atoms in total. The first kappa shape index (κ1) is 17.1. The van der Waals surface area contributed by atoms with Crippen LogP contribution in [0.2, 0.25) is 0 Å². The topological polar surface area (TPSA) is 63.6 Å². The van der Waals surface area contributed by atoms with Crippen LogP contribution in [0, 0.1) is 0 Å². The summed E-state index contributed by atoms with van der Waals surface area (Å²) >= 11 is 0. The Labute approximate surface area is 110 Å². The Hall–Kier alpha value is -0.900. The smallest absolute Gasteiger partial charge is 0.313 e. The number of hydrogen-bond acceptors (Lipinski definition) is 4. The van der Waals surface area contributed by atoms with Crippen LogP contribution in [0.15, 0.2) is 0 Å². The van der Waals surface area contributed by atoms with Gasteiger partial charge in [0.25, 0.3) is 0 Å². The van der Waals surface area contributed by atoms with Crippen molar-refractivity contribution >= 4 is 11.8 Å². The van der Waals surface area contributed by atoms with E-state index in [-0.39, 0.29) is 12.2 Å². The zero-order valence-corrected chi connectivity index (χ0v) is 11.5. The van der Waals surface area contributed by atoms with E-state index in [2.05, 4.69) is 0 Å². The van der Waals surface area contributed by atoms with Crippen LogP contribution in [0.4, 0.5) is 0 Å². The number of rotatable bonds is 12. The number of unbranched alkanes of at least 4 members (excludes halogenated alkanes) is 7. The average Bonchev–Trinajstić information content (AvgIpc) is 2.30. The Balaban J connectivity index is 3.11. The molecule has 0 bridgehead atoms. The third-order valence-electron chi connectivity index (χ3n) is 2.71. The van der Waals surface area contributed by atoms with Gasteiger partial charge in [0, 0.05) is 6.61 Å². The van der Waals surface area contributed by atoms with E-state index in [4.69, 9.17) is 9.84 Å². The average molecular weight is 258 g/mol. The summed E-state index contributed by atoms with van der Waals surface area (Å²) in [5, 5.41) is 8.60. The SMILES string of the molecule is CC(=O)CC(=O)OCCCCCCCCCCO. The molecule has 4 heteroatoms. The fraction of sp³-hybridized carbons (Fsp3) is 0.857. The summed E-state index contributed by atoms with van der Waals surface area (Å²) < 4.78 is 4.92. The maximum atomic E-state index is 11.0. The van der Waals surface area contributed by atoms with Gasteiger partial charge in [0.05, 0.1) is 6.61 Å². The van der Waals surface area contributed by atoms with Crippen LogP contribution in [0.5, 0.6) is 0 Å². The third-order valence-corrected chi connectivity index (χ3v) is 2.71. The summed E-state index contributed by atoms with van der Waals surface area (Å²) in [4.78, 5) is 21.6. The summed E-state index contributed by atoms with van der Waals surface area (Å²) in [7, 11) is 0. The zero-order chi connectivity index (χ0) is 13.6. The number of aliphatic hydroxyl groups excluding tert-OH is 1. The molecule has 0 aromatic heterocycles. The van der Waals surface area contributed by atoms with Crippen LogP contribution in [-0.4, -0.2) is 30.1 Å². The van der Waals surface area contributed by atoms with Gasteiger partial charge in [-0.05, 0) is 19.8 Å². The Morgan fingerprint density at radius 3 is 1.89 bits per heavy atom. The standard InChI is InChI=1S/C14H26O4/c1-13(16)12-14(17)18-11-9-7-5-3-2-4-6-8-10-15/h15H,2-12H2,1H3. The summed E-state index contributed by atoms with van der Waals surface area (Å²) in [6.45, 7) is 2.11. The fourth-order valence-electron chi connectivity index (χ4n) is 1.71. The normalized spacial score (nSPS) is 10.3. The molecular weight excluding hydrogens is 232 g/mol. The van der Waals surface area contributed by atoms with Crippen LogP contribution in [0.3, 0.4) is 0 Å². The molecule has 0 fully saturated rings. The molecule has 0 heterocycles. The van der Waals surface area contributed by atoms with E-state index >= 15 is 0 Å². The van der Waals surface area contributed by atoms with Crippen molar-refractivity contribution in [3.63, 3.8) is 0 Å². The van der Waals surface area contributed by atoms with Crippen molar-refractivity contribution in [2.24, 2.45) is 0 Å². The minimum atomic E-state index is -0.411. The lowest BCUT2D eigenvalue weighted by Gasteiger charge is -2.04. The van der Waals surface area contributed by atoms with Crippen LogP contribution < -0.4 is 0 Å². The first-order valence-electron chi connectivity index (χ1n) is 6.92. The number of carbonyl (C=O) groups is 2. The maximum absolute atomic E-state index is 11.0. The van der Waals surface area contributed by atoms with Crippen molar-refractivity contribution < 1.29 is 19.4 Å². The predicted molar refractivity (Wildman–Crippen MR) is 70.3 cm³/mol. The molecule has 106 valence electrons. The largest absolute Gasteiger partial charge is 0.465 e. The Morgan fingerprint density at radius 2 is 1.39 bits per heavy atom. The van der Waals surface area contributed by atoms with E-state index in [0.29, 0.717) is 13.2 Å². The number of Topliss-reactive ketones (excluding diaryl/α,β-unsaturated/α-hetero) is 1. The highest BCUT2D eigenvalue weighted by Crippen LogP contribution is 2.08. The number of carbonyl (C=O) groups excluding carboxylic acids is 2. The molecule has 0 amide bonds. The van der Waals surface area contributed by atoms with E-state index in [1.165, 1.54) is 26.2 Å². The van der Waals surface area contributed by atoms with E-state index in [1.807, 2.05) is 0 Å². The molecule has 0 saturated heterocycles. The Morgan fingerprint density at radius 1 is 0.889 bits per heavy atom. The zero-order valence-electron chi connectivity index (χ0n) is 11.5. The molecular formula is C14H26O4. The minimum Gasteiger partial charge on any atom is -0.465 e. The molecule has 0 rings (SSSR count). The third kappa shape index (κ3) is 13.2. The second-order valence-electron chi connectivity index (χ2n) is 4.65. The molecule has 1 N–H and O–H groups in total. The van der Waals surface area contributed by atoms with Gasteiger partial charge in [-0.25, -0.2) is 0 Å². The molecule has 0 aliphatic rings. The highest BCUT2D eigenvalue weighted by atomic mass is 16.5. The Kier molecular flexibility index (Phi) is 11.9. The van der Waals surface area contributed by atoms with E-state index < -0.39 is 5.97 Å². The number of ketones is 1. The van der Waals surface area contributed by atoms with Crippen molar-refractivity contribution in [1.82, 2.24) is 0 Å². The summed E-state index contributed by atoms with van der Waals surface area (Å²) in [6, 6.07) is 0. The van der Waals surface area contributed by atoms with Crippen molar-refractivity contribution in [2.75, 3.05) is 13.2 Å². The number of hydrogen-bond donors (Lipinski definition) is 1. The molecule has 0 saturated carbocycles. The molecule has 0 radical (unpaired) electrons.